The zero-order chi connectivity index (χ0) is 19.5. The van der Waals surface area contributed by atoms with E-state index in [1.807, 2.05) is 61.7 Å². The van der Waals surface area contributed by atoms with Crippen LogP contribution in [0.5, 0.6) is 5.75 Å². The minimum absolute atomic E-state index is 0.0385. The Balaban J connectivity index is 1.46. The number of halogens is 1. The lowest BCUT2D eigenvalue weighted by molar-refractivity contribution is 0.415. The molecule has 1 atom stereocenters. The second kappa shape index (κ2) is 8.20. The Morgan fingerprint density at radius 2 is 1.75 bits per heavy atom. The summed E-state index contributed by atoms with van der Waals surface area (Å²) in [7, 11) is 1.63. The van der Waals surface area contributed by atoms with Crippen LogP contribution in [0.15, 0.2) is 68.8 Å². The molecule has 0 saturated carbocycles. The summed E-state index contributed by atoms with van der Waals surface area (Å²) in [6.07, 6.45) is 1.83. The molecule has 1 N–H and O–H groups in total. The van der Waals surface area contributed by atoms with Gasteiger partial charge in [0.05, 0.1) is 24.3 Å². The third-order valence-corrected chi connectivity index (χ3v) is 5.64. The molecule has 0 fully saturated rings. The number of aromatic amines is 1. The van der Waals surface area contributed by atoms with Crippen molar-refractivity contribution in [3.05, 3.63) is 65.1 Å². The van der Waals surface area contributed by atoms with Crippen molar-refractivity contribution in [3.8, 4) is 28.5 Å². The highest BCUT2D eigenvalue weighted by Gasteiger charge is 2.18. The van der Waals surface area contributed by atoms with Crippen molar-refractivity contribution in [2.75, 3.05) is 7.11 Å². The Morgan fingerprint density at radius 3 is 2.46 bits per heavy atom. The SMILES string of the molecule is COc1ccc(-c2nnc([C@H](C)Sc3ncc(-c4ccc(Br)cc4)[nH]3)o2)cc1. The predicted molar refractivity (Wildman–Crippen MR) is 112 cm³/mol. The van der Waals surface area contributed by atoms with Gasteiger partial charge in [0.15, 0.2) is 5.16 Å². The Bertz CT molecular complexity index is 1060. The van der Waals surface area contributed by atoms with Gasteiger partial charge in [-0.2, -0.15) is 0 Å². The summed E-state index contributed by atoms with van der Waals surface area (Å²) in [4.78, 5) is 7.79. The molecule has 4 aromatic rings. The minimum Gasteiger partial charge on any atom is -0.497 e. The molecule has 28 heavy (non-hydrogen) atoms. The normalized spacial score (nSPS) is 12.1. The summed E-state index contributed by atoms with van der Waals surface area (Å²) in [6, 6.07) is 15.6. The van der Waals surface area contributed by atoms with Crippen LogP contribution in [0.3, 0.4) is 0 Å². The van der Waals surface area contributed by atoms with E-state index in [9.17, 15) is 0 Å². The molecule has 0 unspecified atom stereocenters. The third kappa shape index (κ3) is 4.13. The lowest BCUT2D eigenvalue weighted by Crippen LogP contribution is -1.89. The number of methoxy groups -OCH3 is 1. The van der Waals surface area contributed by atoms with E-state index in [0.717, 1.165) is 32.2 Å². The molecular formula is C20H17BrN4O2S. The van der Waals surface area contributed by atoms with Crippen LogP contribution in [0.25, 0.3) is 22.7 Å². The van der Waals surface area contributed by atoms with E-state index in [-0.39, 0.29) is 5.25 Å². The van der Waals surface area contributed by atoms with Gasteiger partial charge in [-0.05, 0) is 48.9 Å². The first kappa shape index (κ1) is 18.8. The Labute approximate surface area is 174 Å². The lowest BCUT2D eigenvalue weighted by Gasteiger charge is -2.04. The highest BCUT2D eigenvalue weighted by Crippen LogP contribution is 2.34. The molecule has 0 aliphatic carbocycles. The van der Waals surface area contributed by atoms with E-state index in [0.29, 0.717) is 11.8 Å². The van der Waals surface area contributed by atoms with Gasteiger partial charge in [0, 0.05) is 10.0 Å². The summed E-state index contributed by atoms with van der Waals surface area (Å²) < 4.78 is 12.1. The molecule has 2 aromatic heterocycles. The number of aromatic nitrogens is 4. The average Bonchev–Trinajstić information content (AvgIpc) is 3.39. The summed E-state index contributed by atoms with van der Waals surface area (Å²) >= 11 is 4.99. The fourth-order valence-corrected chi connectivity index (χ4v) is 3.68. The molecule has 4 rings (SSSR count). The predicted octanol–water partition coefficient (Wildman–Crippen LogP) is 5.75. The molecule has 0 aliphatic heterocycles. The standard InChI is InChI=1S/C20H17BrN4O2S/c1-12(18-24-25-19(27-18)14-5-9-16(26-2)10-6-14)28-20-22-11-17(23-20)13-3-7-15(21)8-4-13/h3-12H,1-2H3,(H,22,23)/t12-/m0/s1. The molecule has 0 aliphatic rings. The number of nitrogens with zero attached hydrogens (tertiary/aromatic N) is 3. The third-order valence-electron chi connectivity index (χ3n) is 4.12. The van der Waals surface area contributed by atoms with Crippen molar-refractivity contribution < 1.29 is 9.15 Å². The van der Waals surface area contributed by atoms with Gasteiger partial charge in [-0.3, -0.25) is 0 Å². The van der Waals surface area contributed by atoms with Crippen LogP contribution in [0, 0.1) is 0 Å². The fraction of sp³-hybridized carbons (Fsp3) is 0.150. The zero-order valence-corrected chi connectivity index (χ0v) is 17.6. The highest BCUT2D eigenvalue weighted by molar-refractivity contribution is 9.10. The number of hydrogen-bond donors (Lipinski definition) is 1. The largest absolute Gasteiger partial charge is 0.497 e. The number of benzene rings is 2. The maximum Gasteiger partial charge on any atom is 0.247 e. The van der Waals surface area contributed by atoms with Crippen molar-refractivity contribution in [3.63, 3.8) is 0 Å². The Kier molecular flexibility index (Phi) is 5.50. The number of rotatable bonds is 6. The van der Waals surface area contributed by atoms with Gasteiger partial charge in [0.2, 0.25) is 11.8 Å². The van der Waals surface area contributed by atoms with E-state index < -0.39 is 0 Å². The van der Waals surface area contributed by atoms with Gasteiger partial charge >= 0.3 is 0 Å². The molecule has 2 heterocycles. The topological polar surface area (TPSA) is 76.8 Å². The van der Waals surface area contributed by atoms with Gasteiger partial charge in [-0.25, -0.2) is 4.98 Å². The number of nitrogens with one attached hydrogen (secondary N) is 1. The smallest absolute Gasteiger partial charge is 0.247 e. The van der Waals surface area contributed by atoms with Crippen molar-refractivity contribution in [2.24, 2.45) is 0 Å². The van der Waals surface area contributed by atoms with E-state index in [1.165, 1.54) is 11.8 Å². The van der Waals surface area contributed by atoms with Crippen LogP contribution in [0.2, 0.25) is 0 Å². The molecule has 2 aromatic carbocycles. The monoisotopic (exact) mass is 456 g/mol. The van der Waals surface area contributed by atoms with Crippen molar-refractivity contribution in [2.45, 2.75) is 17.3 Å². The van der Waals surface area contributed by atoms with Crippen LogP contribution >= 0.6 is 27.7 Å². The molecule has 6 nitrogen and oxygen atoms in total. The maximum absolute atomic E-state index is 5.85. The number of H-pyrrole nitrogens is 1. The molecule has 0 saturated heterocycles. The van der Waals surface area contributed by atoms with E-state index in [4.69, 9.17) is 9.15 Å². The zero-order valence-electron chi connectivity index (χ0n) is 15.2. The first-order valence-corrected chi connectivity index (χ1v) is 10.2. The fourth-order valence-electron chi connectivity index (χ4n) is 2.61. The van der Waals surface area contributed by atoms with Crippen molar-refractivity contribution >= 4 is 27.7 Å². The van der Waals surface area contributed by atoms with E-state index in [1.54, 1.807) is 7.11 Å². The summed E-state index contributed by atoms with van der Waals surface area (Å²) in [5.41, 5.74) is 2.90. The van der Waals surface area contributed by atoms with E-state index in [2.05, 4.69) is 36.1 Å². The average molecular weight is 457 g/mol. The minimum atomic E-state index is -0.0385. The lowest BCUT2D eigenvalue weighted by atomic mass is 10.2. The van der Waals surface area contributed by atoms with Gasteiger partial charge < -0.3 is 14.1 Å². The molecular weight excluding hydrogens is 440 g/mol. The summed E-state index contributed by atoms with van der Waals surface area (Å²) in [5, 5.41) is 9.11. The number of ether oxygens (including phenoxy) is 1. The van der Waals surface area contributed by atoms with Gasteiger partial charge in [0.25, 0.3) is 0 Å². The molecule has 142 valence electrons. The van der Waals surface area contributed by atoms with Gasteiger partial charge in [-0.15, -0.1) is 10.2 Å². The van der Waals surface area contributed by atoms with Crippen LogP contribution in [-0.2, 0) is 0 Å². The van der Waals surface area contributed by atoms with Crippen LogP contribution < -0.4 is 4.74 Å². The van der Waals surface area contributed by atoms with Gasteiger partial charge in [-0.1, -0.05) is 39.8 Å². The van der Waals surface area contributed by atoms with Crippen molar-refractivity contribution in [1.82, 2.24) is 20.2 Å². The highest BCUT2D eigenvalue weighted by atomic mass is 79.9. The second-order valence-electron chi connectivity index (χ2n) is 6.04. The first-order chi connectivity index (χ1) is 13.6. The quantitative estimate of drug-likeness (QED) is 0.372. The molecule has 8 heteroatoms. The second-order valence-corrected chi connectivity index (χ2v) is 8.29. The number of hydrogen-bond acceptors (Lipinski definition) is 6. The number of thioether (sulfide) groups is 1. The summed E-state index contributed by atoms with van der Waals surface area (Å²) in [5.74, 6) is 1.82. The summed E-state index contributed by atoms with van der Waals surface area (Å²) in [6.45, 7) is 2.01. The Morgan fingerprint density at radius 1 is 1.04 bits per heavy atom. The molecule has 0 radical (unpaired) electrons. The van der Waals surface area contributed by atoms with Crippen LogP contribution in [0.1, 0.15) is 18.1 Å². The van der Waals surface area contributed by atoms with Crippen molar-refractivity contribution in [1.29, 1.82) is 0 Å². The number of imidazole rings is 1. The van der Waals surface area contributed by atoms with E-state index >= 15 is 0 Å². The maximum atomic E-state index is 5.85. The van der Waals surface area contributed by atoms with Crippen LogP contribution in [0.4, 0.5) is 0 Å². The molecule has 0 bridgehead atoms. The Hall–Kier alpha value is -2.58. The molecule has 0 amide bonds. The first-order valence-electron chi connectivity index (χ1n) is 8.58. The van der Waals surface area contributed by atoms with Crippen LogP contribution in [-0.4, -0.2) is 27.3 Å². The molecule has 0 spiro atoms. The van der Waals surface area contributed by atoms with Gasteiger partial charge in [0.1, 0.15) is 5.75 Å².